The zero-order valence-corrected chi connectivity index (χ0v) is 10.3. The van der Waals surface area contributed by atoms with Gasteiger partial charge in [-0.05, 0) is 37.9 Å². The van der Waals surface area contributed by atoms with E-state index in [1.54, 1.807) is 0 Å². The molecule has 2 aromatic heterocycles. The minimum absolute atomic E-state index is 0.543. The molecule has 0 radical (unpaired) electrons. The fraction of sp³-hybridized carbons (Fsp3) is 0.538. The Morgan fingerprint density at radius 3 is 2.89 bits per heavy atom. The highest BCUT2D eigenvalue weighted by molar-refractivity contribution is 5.67. The average Bonchev–Trinajstić information content (AvgIpc) is 2.90. The van der Waals surface area contributed by atoms with Crippen LogP contribution in [0.3, 0.4) is 0 Å². The van der Waals surface area contributed by atoms with E-state index in [1.807, 2.05) is 29.2 Å². The predicted molar refractivity (Wildman–Crippen MR) is 69.6 cm³/mol. The largest absolute Gasteiger partial charge is 0.364 e. The summed E-state index contributed by atoms with van der Waals surface area (Å²) < 4.78 is 1.87. The van der Waals surface area contributed by atoms with Crippen molar-refractivity contribution >= 4 is 11.3 Å². The quantitative estimate of drug-likeness (QED) is 0.862. The van der Waals surface area contributed by atoms with Gasteiger partial charge in [-0.3, -0.25) is 0 Å². The van der Waals surface area contributed by atoms with Crippen LogP contribution < -0.4 is 5.32 Å². The Hall–Kier alpha value is -1.62. The van der Waals surface area contributed by atoms with E-state index < -0.39 is 0 Å². The van der Waals surface area contributed by atoms with Gasteiger partial charge in [0.2, 0.25) is 0 Å². The molecule has 3 saturated heterocycles. The zero-order valence-electron chi connectivity index (χ0n) is 10.3. The third-order valence-electron chi connectivity index (χ3n) is 4.30. The van der Waals surface area contributed by atoms with E-state index >= 15 is 0 Å². The Morgan fingerprint density at radius 2 is 2.11 bits per heavy atom. The molecule has 3 aliphatic heterocycles. The lowest BCUT2D eigenvalue weighted by molar-refractivity contribution is 0.0974. The molecule has 5 rings (SSSR count). The second-order valence-corrected chi connectivity index (χ2v) is 5.33. The molecule has 0 aliphatic carbocycles. The molecular formula is C13H17N5. The second kappa shape index (κ2) is 3.95. The first-order chi connectivity index (χ1) is 8.90. The third-order valence-corrected chi connectivity index (χ3v) is 4.30. The maximum Gasteiger partial charge on any atom is 0.152 e. The molecule has 5 nitrogen and oxygen atoms in total. The van der Waals surface area contributed by atoms with Gasteiger partial charge in [0, 0.05) is 25.0 Å². The molecule has 0 aromatic carbocycles. The van der Waals surface area contributed by atoms with Crippen LogP contribution in [0.5, 0.6) is 0 Å². The van der Waals surface area contributed by atoms with Crippen LogP contribution in [-0.4, -0.2) is 45.2 Å². The molecule has 3 fully saturated rings. The van der Waals surface area contributed by atoms with Crippen molar-refractivity contribution in [2.45, 2.75) is 18.9 Å². The van der Waals surface area contributed by atoms with E-state index in [0.717, 1.165) is 23.8 Å². The van der Waals surface area contributed by atoms with Crippen LogP contribution in [0, 0.1) is 5.92 Å². The smallest absolute Gasteiger partial charge is 0.152 e. The number of nitrogens with one attached hydrogen (secondary N) is 1. The Bertz CT molecular complexity index is 555. The van der Waals surface area contributed by atoms with Crippen molar-refractivity contribution in [3.63, 3.8) is 0 Å². The summed E-state index contributed by atoms with van der Waals surface area (Å²) in [6.07, 6.45) is 8.15. The van der Waals surface area contributed by atoms with Gasteiger partial charge in [-0.15, -0.1) is 0 Å². The number of aromatic nitrogens is 3. The summed E-state index contributed by atoms with van der Waals surface area (Å²) in [5.74, 6) is 1.77. The molecule has 1 N–H and O–H groups in total. The Balaban J connectivity index is 1.62. The number of anilines is 1. The molecule has 0 amide bonds. The molecule has 1 unspecified atom stereocenters. The van der Waals surface area contributed by atoms with Gasteiger partial charge in [0.25, 0.3) is 0 Å². The molecular weight excluding hydrogens is 226 g/mol. The lowest BCUT2D eigenvalue weighted by atomic mass is 9.84. The summed E-state index contributed by atoms with van der Waals surface area (Å²) >= 11 is 0. The van der Waals surface area contributed by atoms with Gasteiger partial charge >= 0.3 is 0 Å². The predicted octanol–water partition coefficient (Wildman–Crippen LogP) is 1.24. The number of rotatable bonds is 2. The lowest BCUT2D eigenvalue weighted by Gasteiger charge is -2.45. The maximum absolute atomic E-state index is 4.47. The van der Waals surface area contributed by atoms with Crippen molar-refractivity contribution in [3.05, 3.63) is 24.7 Å². The van der Waals surface area contributed by atoms with Gasteiger partial charge in [0.05, 0.1) is 6.20 Å². The fourth-order valence-electron chi connectivity index (χ4n) is 3.27. The fourth-order valence-corrected chi connectivity index (χ4v) is 3.27. The van der Waals surface area contributed by atoms with E-state index in [9.17, 15) is 0 Å². The Morgan fingerprint density at radius 1 is 1.22 bits per heavy atom. The molecule has 1 atom stereocenters. The highest BCUT2D eigenvalue weighted by atomic mass is 15.2. The van der Waals surface area contributed by atoms with Crippen LogP contribution in [0.4, 0.5) is 5.82 Å². The summed E-state index contributed by atoms with van der Waals surface area (Å²) in [5, 5.41) is 7.87. The highest BCUT2D eigenvalue weighted by Crippen LogP contribution is 2.30. The van der Waals surface area contributed by atoms with E-state index in [4.69, 9.17) is 0 Å². The van der Waals surface area contributed by atoms with Crippen LogP contribution in [0.2, 0.25) is 0 Å². The summed E-state index contributed by atoms with van der Waals surface area (Å²) in [7, 11) is 0. The molecule has 94 valence electrons. The highest BCUT2D eigenvalue weighted by Gasteiger charge is 2.34. The van der Waals surface area contributed by atoms with Crippen molar-refractivity contribution in [1.29, 1.82) is 0 Å². The van der Waals surface area contributed by atoms with Gasteiger partial charge in [-0.2, -0.15) is 5.10 Å². The van der Waals surface area contributed by atoms with Gasteiger partial charge in [0.15, 0.2) is 5.82 Å². The van der Waals surface area contributed by atoms with Crippen LogP contribution in [0.25, 0.3) is 5.52 Å². The van der Waals surface area contributed by atoms with Crippen LogP contribution >= 0.6 is 0 Å². The van der Waals surface area contributed by atoms with Gasteiger partial charge in [-0.1, -0.05) is 0 Å². The Labute approximate surface area is 106 Å². The van der Waals surface area contributed by atoms with Gasteiger partial charge in [0.1, 0.15) is 5.52 Å². The number of hydrogen-bond donors (Lipinski definition) is 1. The number of hydrogen-bond acceptors (Lipinski definition) is 4. The number of piperidine rings is 3. The average molecular weight is 243 g/mol. The van der Waals surface area contributed by atoms with E-state index in [2.05, 4.69) is 20.3 Å². The normalized spacial score (nSPS) is 30.8. The van der Waals surface area contributed by atoms with E-state index in [-0.39, 0.29) is 0 Å². The van der Waals surface area contributed by atoms with E-state index in [0.29, 0.717) is 6.04 Å². The maximum atomic E-state index is 4.47. The number of fused-ring (bicyclic) bond motifs is 4. The molecule has 0 spiro atoms. The monoisotopic (exact) mass is 243 g/mol. The molecule has 5 heterocycles. The summed E-state index contributed by atoms with van der Waals surface area (Å²) in [6, 6.07) is 2.55. The lowest BCUT2D eigenvalue weighted by Crippen LogP contribution is -2.53. The van der Waals surface area contributed by atoms with Crippen molar-refractivity contribution in [2.75, 3.05) is 25.0 Å². The van der Waals surface area contributed by atoms with Crippen LogP contribution in [0.1, 0.15) is 12.8 Å². The first kappa shape index (κ1) is 10.3. The Kier molecular flexibility index (Phi) is 2.26. The summed E-state index contributed by atoms with van der Waals surface area (Å²) in [5.41, 5.74) is 1.06. The minimum Gasteiger partial charge on any atom is -0.364 e. The molecule has 2 bridgehead atoms. The molecule has 5 heteroatoms. The minimum atomic E-state index is 0.543. The van der Waals surface area contributed by atoms with Crippen molar-refractivity contribution in [1.82, 2.24) is 19.5 Å². The second-order valence-electron chi connectivity index (χ2n) is 5.33. The standard InChI is InChI=1S/C13H17N5/c1-4-15-18-8-5-14-13(12(1)18)16-11-9-17-6-2-10(11)3-7-17/h1,4-5,8,10-11H,2-3,6-7,9H2,(H,14,16). The zero-order chi connectivity index (χ0) is 11.9. The van der Waals surface area contributed by atoms with Crippen molar-refractivity contribution in [3.8, 4) is 0 Å². The summed E-state index contributed by atoms with van der Waals surface area (Å²) in [6.45, 7) is 3.70. The van der Waals surface area contributed by atoms with Crippen LogP contribution in [-0.2, 0) is 0 Å². The van der Waals surface area contributed by atoms with Crippen molar-refractivity contribution < 1.29 is 0 Å². The molecule has 3 aliphatic rings. The molecule has 18 heavy (non-hydrogen) atoms. The SMILES string of the molecule is c1cn2nccc2c(NC2CN3CCC2CC3)n1. The molecule has 2 aromatic rings. The van der Waals surface area contributed by atoms with Gasteiger partial charge in [-0.25, -0.2) is 9.50 Å². The topological polar surface area (TPSA) is 45.5 Å². The summed E-state index contributed by atoms with van der Waals surface area (Å²) in [4.78, 5) is 7.02. The van der Waals surface area contributed by atoms with Crippen molar-refractivity contribution in [2.24, 2.45) is 5.92 Å². The number of nitrogens with zero attached hydrogens (tertiary/aromatic N) is 4. The molecule has 0 saturated carbocycles. The first-order valence-electron chi connectivity index (χ1n) is 6.67. The van der Waals surface area contributed by atoms with E-state index in [1.165, 1.54) is 25.9 Å². The third kappa shape index (κ3) is 1.58. The van der Waals surface area contributed by atoms with Gasteiger partial charge < -0.3 is 10.2 Å². The van der Waals surface area contributed by atoms with Crippen LogP contribution in [0.15, 0.2) is 24.7 Å². The first-order valence-corrected chi connectivity index (χ1v) is 6.67.